The Bertz CT molecular complexity index is 1150. The highest BCUT2D eigenvalue weighted by Crippen LogP contribution is 2.32. The largest absolute Gasteiger partial charge is 0.443 e. The molecule has 30 heavy (non-hydrogen) atoms. The van der Waals surface area contributed by atoms with Gasteiger partial charge >= 0.3 is 11.9 Å². The summed E-state index contributed by atoms with van der Waals surface area (Å²) in [5.41, 5.74) is 0.853. The van der Waals surface area contributed by atoms with Gasteiger partial charge in [0.1, 0.15) is 0 Å². The first-order valence-electron chi connectivity index (χ1n) is 8.79. The zero-order chi connectivity index (χ0) is 21.5. The third-order valence-corrected chi connectivity index (χ3v) is 5.52. The van der Waals surface area contributed by atoms with Gasteiger partial charge in [0, 0.05) is 43.0 Å². The van der Waals surface area contributed by atoms with Crippen LogP contribution in [0.25, 0.3) is 5.57 Å². The molecule has 3 aromatic rings. The minimum Gasteiger partial charge on any atom is -0.387 e. The molecule has 0 unspecified atom stereocenters. The Hall–Kier alpha value is -3.06. The van der Waals surface area contributed by atoms with E-state index >= 15 is 0 Å². The molecule has 0 aromatic carbocycles. The zero-order valence-corrected chi connectivity index (χ0v) is 16.4. The summed E-state index contributed by atoms with van der Waals surface area (Å²) < 4.78 is 40.6. The molecule has 4 rings (SSSR count). The molecule has 3 aromatic heterocycles. The predicted octanol–water partition coefficient (Wildman–Crippen LogP) is 1.16. The van der Waals surface area contributed by atoms with Crippen LogP contribution in [0, 0.1) is 0 Å². The van der Waals surface area contributed by atoms with Gasteiger partial charge in [0.25, 0.3) is 0 Å². The van der Waals surface area contributed by atoms with E-state index in [0.29, 0.717) is 17.9 Å². The number of aliphatic hydroxyl groups excluding tert-OH is 1. The van der Waals surface area contributed by atoms with E-state index in [4.69, 9.17) is 0 Å². The van der Waals surface area contributed by atoms with Crippen LogP contribution in [0.3, 0.4) is 0 Å². The molecular weight excluding hydrogens is 423 g/mol. The van der Waals surface area contributed by atoms with Gasteiger partial charge in [0.15, 0.2) is 10.8 Å². The highest BCUT2D eigenvalue weighted by molar-refractivity contribution is 7.11. The third-order valence-electron chi connectivity index (χ3n) is 4.49. The van der Waals surface area contributed by atoms with E-state index in [1.54, 1.807) is 29.0 Å². The Balaban J connectivity index is 1.49. The number of aromatic nitrogens is 6. The van der Waals surface area contributed by atoms with Crippen molar-refractivity contribution in [3.63, 3.8) is 0 Å². The van der Waals surface area contributed by atoms with Crippen molar-refractivity contribution >= 4 is 22.7 Å². The van der Waals surface area contributed by atoms with E-state index in [9.17, 15) is 23.1 Å². The lowest BCUT2D eigenvalue weighted by Gasteiger charge is -2.30. The van der Waals surface area contributed by atoms with Crippen molar-refractivity contribution in [2.24, 2.45) is 7.05 Å². The summed E-state index contributed by atoms with van der Waals surface area (Å²) in [6.45, 7) is 0.458. The molecule has 0 amide bonds. The minimum absolute atomic E-state index is 0.159. The second-order valence-corrected chi connectivity index (χ2v) is 7.78. The molecule has 0 saturated heterocycles. The molecule has 1 atom stereocenters. The standard InChI is InChI=1S/C17H16F3N7O2S/c1-25-7-10(4-22-25)12-2-3-26(9-13(12)28)14-6-23-27(16(29)24-14)8-11-5-21-15(30-11)17(18,19)20/h2,4-7,13,28H,3,8-9H2,1H3/t13-/m0/s1. The van der Waals surface area contributed by atoms with Gasteiger partial charge in [0.2, 0.25) is 0 Å². The van der Waals surface area contributed by atoms with Gasteiger partial charge in [-0.25, -0.2) is 14.5 Å². The highest BCUT2D eigenvalue weighted by Gasteiger charge is 2.34. The average Bonchev–Trinajstić information content (AvgIpc) is 3.32. The van der Waals surface area contributed by atoms with Crippen LogP contribution in [0.2, 0.25) is 0 Å². The van der Waals surface area contributed by atoms with Crippen LogP contribution in [0.5, 0.6) is 0 Å². The molecule has 4 heterocycles. The number of thiazole rings is 1. The lowest BCUT2D eigenvalue weighted by molar-refractivity contribution is -0.137. The summed E-state index contributed by atoms with van der Waals surface area (Å²) in [5, 5.41) is 17.6. The summed E-state index contributed by atoms with van der Waals surface area (Å²) >= 11 is 0.454. The predicted molar refractivity (Wildman–Crippen MR) is 102 cm³/mol. The van der Waals surface area contributed by atoms with Gasteiger partial charge in [-0.3, -0.25) is 4.68 Å². The Morgan fingerprint density at radius 3 is 2.67 bits per heavy atom. The van der Waals surface area contributed by atoms with Crippen LogP contribution < -0.4 is 10.6 Å². The number of aliphatic hydroxyl groups is 1. The molecule has 0 fully saturated rings. The average molecular weight is 439 g/mol. The fourth-order valence-electron chi connectivity index (χ4n) is 3.07. The first kappa shape index (κ1) is 20.2. The minimum atomic E-state index is -4.53. The molecule has 158 valence electrons. The van der Waals surface area contributed by atoms with Gasteiger partial charge in [-0.15, -0.1) is 11.3 Å². The summed E-state index contributed by atoms with van der Waals surface area (Å²) in [5.74, 6) is 0.275. The summed E-state index contributed by atoms with van der Waals surface area (Å²) in [6, 6.07) is 0. The molecule has 9 nitrogen and oxygen atoms in total. The van der Waals surface area contributed by atoms with Crippen molar-refractivity contribution in [2.45, 2.75) is 18.8 Å². The van der Waals surface area contributed by atoms with Crippen LogP contribution in [-0.2, 0) is 19.8 Å². The Labute approximate surface area is 171 Å². The number of rotatable bonds is 4. The molecular formula is C17H16F3N7O2S. The number of hydrogen-bond acceptors (Lipinski definition) is 8. The lowest BCUT2D eigenvalue weighted by atomic mass is 10.00. The number of β-amino-alcohol motifs (C(OH)–C–C–N with tert-alkyl or cyclic N) is 1. The summed E-state index contributed by atoms with van der Waals surface area (Å²) in [6.07, 6.45) is 2.38. The fraction of sp³-hybridized carbons (Fsp3) is 0.353. The smallest absolute Gasteiger partial charge is 0.387 e. The second-order valence-electron chi connectivity index (χ2n) is 6.67. The quantitative estimate of drug-likeness (QED) is 0.651. The van der Waals surface area contributed by atoms with Gasteiger partial charge in [0.05, 0.1) is 25.0 Å². The van der Waals surface area contributed by atoms with E-state index in [1.807, 2.05) is 6.08 Å². The van der Waals surface area contributed by atoms with E-state index in [2.05, 4.69) is 20.2 Å². The second kappa shape index (κ2) is 7.65. The molecule has 0 spiro atoms. The van der Waals surface area contributed by atoms with E-state index < -0.39 is 23.0 Å². The fourth-order valence-corrected chi connectivity index (χ4v) is 3.83. The van der Waals surface area contributed by atoms with Crippen molar-refractivity contribution in [3.05, 3.63) is 56.8 Å². The molecule has 1 aliphatic heterocycles. The molecule has 13 heteroatoms. The molecule has 0 radical (unpaired) electrons. The van der Waals surface area contributed by atoms with Gasteiger partial charge in [-0.1, -0.05) is 6.08 Å². The summed E-state index contributed by atoms with van der Waals surface area (Å²) in [7, 11) is 1.78. The van der Waals surface area contributed by atoms with Crippen LogP contribution in [-0.4, -0.2) is 53.8 Å². The van der Waals surface area contributed by atoms with Crippen LogP contribution in [0.1, 0.15) is 15.4 Å². The number of hydrogen-bond donors (Lipinski definition) is 1. The van der Waals surface area contributed by atoms with Crippen molar-refractivity contribution in [1.82, 2.24) is 29.5 Å². The first-order valence-corrected chi connectivity index (χ1v) is 9.60. The molecule has 0 bridgehead atoms. The molecule has 0 saturated carbocycles. The number of nitrogens with zero attached hydrogens (tertiary/aromatic N) is 7. The van der Waals surface area contributed by atoms with Crippen LogP contribution >= 0.6 is 11.3 Å². The van der Waals surface area contributed by atoms with Crippen molar-refractivity contribution in [3.8, 4) is 0 Å². The normalized spacial score (nSPS) is 17.3. The van der Waals surface area contributed by atoms with Gasteiger partial charge in [-0.05, 0) is 5.57 Å². The Morgan fingerprint density at radius 2 is 2.07 bits per heavy atom. The number of aryl methyl sites for hydroxylation is 1. The monoisotopic (exact) mass is 439 g/mol. The van der Waals surface area contributed by atoms with Crippen molar-refractivity contribution in [2.75, 3.05) is 18.0 Å². The maximum atomic E-state index is 12.7. The van der Waals surface area contributed by atoms with Crippen LogP contribution in [0.4, 0.5) is 19.0 Å². The highest BCUT2D eigenvalue weighted by atomic mass is 32.1. The van der Waals surface area contributed by atoms with Crippen LogP contribution in [0.15, 0.2) is 35.7 Å². The Kier molecular flexibility index (Phi) is 5.15. The summed E-state index contributed by atoms with van der Waals surface area (Å²) in [4.78, 5) is 21.5. The Morgan fingerprint density at radius 1 is 1.27 bits per heavy atom. The van der Waals surface area contributed by atoms with E-state index in [-0.39, 0.29) is 23.8 Å². The number of anilines is 1. The van der Waals surface area contributed by atoms with Crippen molar-refractivity contribution < 1.29 is 18.3 Å². The van der Waals surface area contributed by atoms with Gasteiger partial charge < -0.3 is 10.0 Å². The topological polar surface area (TPSA) is 102 Å². The third kappa shape index (κ3) is 4.11. The first-order chi connectivity index (χ1) is 14.2. The maximum absolute atomic E-state index is 12.7. The maximum Gasteiger partial charge on any atom is 0.443 e. The van der Waals surface area contributed by atoms with Crippen molar-refractivity contribution in [1.29, 1.82) is 0 Å². The van der Waals surface area contributed by atoms with Gasteiger partial charge in [-0.2, -0.15) is 28.4 Å². The number of halogens is 3. The lowest BCUT2D eigenvalue weighted by Crippen LogP contribution is -2.39. The molecule has 1 aliphatic rings. The zero-order valence-electron chi connectivity index (χ0n) is 15.6. The molecule has 1 N–H and O–H groups in total. The number of alkyl halides is 3. The molecule has 0 aliphatic carbocycles. The van der Waals surface area contributed by atoms with E-state index in [0.717, 1.165) is 22.0 Å². The van der Waals surface area contributed by atoms with E-state index in [1.165, 1.54) is 6.20 Å². The SMILES string of the molecule is Cn1cc(C2=CCN(c3cnn(Cc4cnc(C(F)(F)F)s4)c(=O)n3)C[C@@H]2O)cn1.